The van der Waals surface area contributed by atoms with Gasteiger partial charge < -0.3 is 14.8 Å². The number of methoxy groups -OCH3 is 2. The minimum absolute atomic E-state index is 0.00151. The first-order valence-corrected chi connectivity index (χ1v) is 6.49. The molecule has 1 amide bonds. The van der Waals surface area contributed by atoms with Crippen molar-refractivity contribution in [3.63, 3.8) is 0 Å². The SMILES string of the molecule is COC(=O)CC(C)SCC(NC(C)=O)C(=O)OC. The number of nitrogens with one attached hydrogen (secondary N) is 1. The van der Waals surface area contributed by atoms with Crippen LogP contribution in [0.5, 0.6) is 0 Å². The van der Waals surface area contributed by atoms with Gasteiger partial charge in [-0.3, -0.25) is 9.59 Å². The molecule has 7 heteroatoms. The summed E-state index contributed by atoms with van der Waals surface area (Å²) in [5.74, 6) is -0.747. The molecule has 0 saturated heterocycles. The predicted molar refractivity (Wildman–Crippen MR) is 68.2 cm³/mol. The molecule has 0 aliphatic rings. The van der Waals surface area contributed by atoms with Gasteiger partial charge >= 0.3 is 11.9 Å². The standard InChI is InChI=1S/C11H19NO5S/c1-7(5-10(14)16-3)18-6-9(11(15)17-4)12-8(2)13/h7,9H,5-6H2,1-4H3,(H,12,13). The van der Waals surface area contributed by atoms with Gasteiger partial charge in [-0.25, -0.2) is 4.79 Å². The Hall–Kier alpha value is -1.24. The van der Waals surface area contributed by atoms with Gasteiger partial charge in [0.2, 0.25) is 5.91 Å². The van der Waals surface area contributed by atoms with Crippen LogP contribution in [0.3, 0.4) is 0 Å². The van der Waals surface area contributed by atoms with E-state index in [9.17, 15) is 14.4 Å². The van der Waals surface area contributed by atoms with Crippen molar-refractivity contribution in [2.45, 2.75) is 31.6 Å². The number of rotatable bonds is 7. The van der Waals surface area contributed by atoms with Gasteiger partial charge in [0, 0.05) is 17.9 Å². The Morgan fingerprint density at radius 3 is 2.28 bits per heavy atom. The van der Waals surface area contributed by atoms with E-state index in [0.717, 1.165) is 0 Å². The second kappa shape index (κ2) is 8.79. The van der Waals surface area contributed by atoms with Gasteiger partial charge in [0.15, 0.2) is 0 Å². The maximum atomic E-state index is 11.4. The van der Waals surface area contributed by atoms with Crippen LogP contribution in [0.4, 0.5) is 0 Å². The Balaban J connectivity index is 4.21. The molecule has 0 heterocycles. The summed E-state index contributed by atoms with van der Waals surface area (Å²) in [4.78, 5) is 33.4. The summed E-state index contributed by atoms with van der Waals surface area (Å²) in [6.45, 7) is 3.18. The molecule has 0 radical (unpaired) electrons. The molecule has 1 N–H and O–H groups in total. The highest BCUT2D eigenvalue weighted by Gasteiger charge is 2.21. The molecular formula is C11H19NO5S. The van der Waals surface area contributed by atoms with Gasteiger partial charge in [0.25, 0.3) is 0 Å². The van der Waals surface area contributed by atoms with Crippen LogP contribution in [0.15, 0.2) is 0 Å². The summed E-state index contributed by atoms with van der Waals surface area (Å²) in [5.41, 5.74) is 0. The number of hydrogen-bond acceptors (Lipinski definition) is 6. The van der Waals surface area contributed by atoms with Crippen molar-refractivity contribution >= 4 is 29.6 Å². The van der Waals surface area contributed by atoms with Crippen LogP contribution in [0, 0.1) is 0 Å². The molecule has 104 valence electrons. The highest BCUT2D eigenvalue weighted by molar-refractivity contribution is 7.99. The van der Waals surface area contributed by atoms with Crippen molar-refractivity contribution in [1.82, 2.24) is 5.32 Å². The molecule has 0 aromatic carbocycles. The molecule has 18 heavy (non-hydrogen) atoms. The first-order chi connectivity index (χ1) is 8.40. The summed E-state index contributed by atoms with van der Waals surface area (Å²) in [6.07, 6.45) is 0.259. The fourth-order valence-corrected chi connectivity index (χ4v) is 2.19. The van der Waals surface area contributed by atoms with E-state index in [-0.39, 0.29) is 23.5 Å². The number of esters is 2. The molecule has 0 rings (SSSR count). The maximum absolute atomic E-state index is 11.4. The molecule has 6 nitrogen and oxygen atoms in total. The van der Waals surface area contributed by atoms with Crippen LogP contribution in [0.2, 0.25) is 0 Å². The van der Waals surface area contributed by atoms with Crippen molar-refractivity contribution in [3.8, 4) is 0 Å². The molecule has 0 saturated carbocycles. The molecule has 2 atom stereocenters. The Morgan fingerprint density at radius 2 is 1.83 bits per heavy atom. The van der Waals surface area contributed by atoms with Crippen molar-refractivity contribution in [2.75, 3.05) is 20.0 Å². The number of hydrogen-bond donors (Lipinski definition) is 1. The van der Waals surface area contributed by atoms with Crippen LogP contribution in [-0.4, -0.2) is 49.1 Å². The number of amides is 1. The summed E-state index contributed by atoms with van der Waals surface area (Å²) >= 11 is 1.40. The lowest BCUT2D eigenvalue weighted by atomic mass is 10.3. The fourth-order valence-electron chi connectivity index (χ4n) is 1.19. The monoisotopic (exact) mass is 277 g/mol. The molecule has 0 bridgehead atoms. The van der Waals surface area contributed by atoms with Gasteiger partial charge in [0.05, 0.1) is 20.6 Å². The summed E-state index contributed by atoms with van der Waals surface area (Å²) in [5, 5.41) is 2.50. The lowest BCUT2D eigenvalue weighted by molar-refractivity contribution is -0.144. The molecule has 0 aliphatic heterocycles. The Morgan fingerprint density at radius 1 is 1.22 bits per heavy atom. The van der Waals surface area contributed by atoms with Crippen LogP contribution in [0.1, 0.15) is 20.3 Å². The van der Waals surface area contributed by atoms with Crippen LogP contribution in [-0.2, 0) is 23.9 Å². The largest absolute Gasteiger partial charge is 0.469 e. The molecule has 2 unspecified atom stereocenters. The van der Waals surface area contributed by atoms with Crippen molar-refractivity contribution in [3.05, 3.63) is 0 Å². The second-order valence-electron chi connectivity index (χ2n) is 3.70. The van der Waals surface area contributed by atoms with E-state index in [1.165, 1.54) is 32.9 Å². The van der Waals surface area contributed by atoms with E-state index < -0.39 is 12.0 Å². The topological polar surface area (TPSA) is 81.7 Å². The number of thioether (sulfide) groups is 1. The second-order valence-corrected chi connectivity index (χ2v) is 5.17. The van der Waals surface area contributed by atoms with E-state index >= 15 is 0 Å². The minimum atomic E-state index is -0.697. The molecule has 0 aromatic rings. The van der Waals surface area contributed by atoms with Gasteiger partial charge in [-0.15, -0.1) is 0 Å². The predicted octanol–water partition coefficient (Wildman–Crippen LogP) is 0.349. The van der Waals surface area contributed by atoms with Crippen LogP contribution < -0.4 is 5.32 Å². The molecule has 0 aliphatic carbocycles. The van der Waals surface area contributed by atoms with Crippen LogP contribution >= 0.6 is 11.8 Å². The number of carbonyl (C=O) groups is 3. The summed E-state index contributed by atoms with van der Waals surface area (Å²) < 4.78 is 9.14. The average Bonchev–Trinajstić information content (AvgIpc) is 2.32. The van der Waals surface area contributed by atoms with Crippen molar-refractivity contribution < 1.29 is 23.9 Å². The van der Waals surface area contributed by atoms with Gasteiger partial charge in [-0.1, -0.05) is 6.92 Å². The van der Waals surface area contributed by atoms with Crippen LogP contribution in [0.25, 0.3) is 0 Å². The average molecular weight is 277 g/mol. The third kappa shape index (κ3) is 7.16. The maximum Gasteiger partial charge on any atom is 0.329 e. The van der Waals surface area contributed by atoms with E-state index in [1.807, 2.05) is 6.92 Å². The molecular weight excluding hydrogens is 258 g/mol. The van der Waals surface area contributed by atoms with Crippen molar-refractivity contribution in [1.29, 1.82) is 0 Å². The van der Waals surface area contributed by atoms with Gasteiger partial charge in [-0.2, -0.15) is 11.8 Å². The first-order valence-electron chi connectivity index (χ1n) is 5.44. The molecule has 0 aromatic heterocycles. The Kier molecular flexibility index (Phi) is 8.19. The zero-order chi connectivity index (χ0) is 14.1. The third-order valence-electron chi connectivity index (χ3n) is 2.09. The smallest absolute Gasteiger partial charge is 0.329 e. The van der Waals surface area contributed by atoms with Gasteiger partial charge in [0.1, 0.15) is 6.04 Å². The first kappa shape index (κ1) is 16.8. The van der Waals surface area contributed by atoms with E-state index in [0.29, 0.717) is 5.75 Å². The summed E-state index contributed by atoms with van der Waals surface area (Å²) in [7, 11) is 2.59. The third-order valence-corrected chi connectivity index (χ3v) is 3.35. The Labute approximate surface area is 111 Å². The van der Waals surface area contributed by atoms with E-state index in [4.69, 9.17) is 0 Å². The zero-order valence-electron chi connectivity index (χ0n) is 11.0. The van der Waals surface area contributed by atoms with E-state index in [1.54, 1.807) is 0 Å². The number of ether oxygens (including phenoxy) is 2. The minimum Gasteiger partial charge on any atom is -0.469 e. The highest BCUT2D eigenvalue weighted by Crippen LogP contribution is 2.16. The normalized spacial score (nSPS) is 13.3. The Bertz CT molecular complexity index is 308. The summed E-state index contributed by atoms with van der Waals surface area (Å²) in [6, 6.07) is -0.697. The lowest BCUT2D eigenvalue weighted by Crippen LogP contribution is -2.42. The lowest BCUT2D eigenvalue weighted by Gasteiger charge is -2.17. The van der Waals surface area contributed by atoms with Gasteiger partial charge in [-0.05, 0) is 0 Å². The number of carbonyl (C=O) groups excluding carboxylic acids is 3. The van der Waals surface area contributed by atoms with E-state index in [2.05, 4.69) is 14.8 Å². The quantitative estimate of drug-likeness (QED) is 0.676. The molecule has 0 fully saturated rings. The fraction of sp³-hybridized carbons (Fsp3) is 0.727. The van der Waals surface area contributed by atoms with Crippen molar-refractivity contribution in [2.24, 2.45) is 0 Å². The zero-order valence-corrected chi connectivity index (χ0v) is 11.8. The molecule has 0 spiro atoms. The highest BCUT2D eigenvalue weighted by atomic mass is 32.2.